The number of aliphatic carboxylic acids is 1. The predicted molar refractivity (Wildman–Crippen MR) is 118 cm³/mol. The number of nitrogens with zero attached hydrogens (tertiary/aromatic N) is 2. The lowest BCUT2D eigenvalue weighted by Crippen LogP contribution is -2.29. The molecule has 1 aliphatic heterocycles. The van der Waals surface area contributed by atoms with Crippen molar-refractivity contribution in [1.82, 2.24) is 9.88 Å². The van der Waals surface area contributed by atoms with E-state index in [2.05, 4.69) is 4.98 Å². The Kier molecular flexibility index (Phi) is 7.68. The standard InChI is InChI=1S/C23H21FN2O2.C2H4O2/c24-21-4-2-1-3-20(21)17-5-7-18(8-6-17)23(28)26-14-19(22(27)15-26)13-16-9-11-25-12-10-16;1-2(3)4/h1-12,19,22,27H,13-15H2;1H3,(H,3,4)/t19-,22-;/m1./s1. The minimum atomic E-state index is -0.833. The van der Waals surface area contributed by atoms with Crippen molar-refractivity contribution in [3.63, 3.8) is 0 Å². The number of aliphatic hydroxyl groups is 1. The number of amides is 1. The molecule has 32 heavy (non-hydrogen) atoms. The first kappa shape index (κ1) is 23.1. The average Bonchev–Trinajstić information content (AvgIpc) is 3.14. The van der Waals surface area contributed by atoms with Gasteiger partial charge in [-0.3, -0.25) is 14.6 Å². The van der Waals surface area contributed by atoms with Gasteiger partial charge in [-0.15, -0.1) is 0 Å². The Labute approximate surface area is 186 Å². The number of carbonyl (C=O) groups excluding carboxylic acids is 1. The van der Waals surface area contributed by atoms with Crippen molar-refractivity contribution >= 4 is 11.9 Å². The summed E-state index contributed by atoms with van der Waals surface area (Å²) in [6.45, 7) is 1.92. The Morgan fingerprint density at radius 2 is 1.66 bits per heavy atom. The molecule has 2 aromatic carbocycles. The molecular formula is C25H25FN2O4. The second kappa shape index (κ2) is 10.6. The fourth-order valence-corrected chi connectivity index (χ4v) is 3.71. The zero-order valence-electron chi connectivity index (χ0n) is 17.7. The van der Waals surface area contributed by atoms with Crippen molar-refractivity contribution in [3.8, 4) is 11.1 Å². The summed E-state index contributed by atoms with van der Waals surface area (Å²) in [6.07, 6.45) is 3.63. The SMILES string of the molecule is CC(=O)O.O=C(c1ccc(-c2ccccc2F)cc1)N1C[C@@H](Cc2ccncc2)[C@H](O)C1. The number of hydrogen-bond donors (Lipinski definition) is 2. The quantitative estimate of drug-likeness (QED) is 0.652. The van der Waals surface area contributed by atoms with Crippen LogP contribution in [0.2, 0.25) is 0 Å². The first-order chi connectivity index (χ1) is 15.3. The third-order valence-corrected chi connectivity index (χ3v) is 5.26. The van der Waals surface area contributed by atoms with Gasteiger partial charge in [0.2, 0.25) is 0 Å². The van der Waals surface area contributed by atoms with Crippen LogP contribution in [-0.4, -0.2) is 51.2 Å². The number of carboxylic acids is 1. The van der Waals surface area contributed by atoms with Gasteiger partial charge < -0.3 is 15.1 Å². The van der Waals surface area contributed by atoms with Gasteiger partial charge in [0, 0.05) is 49.5 Å². The second-order valence-corrected chi connectivity index (χ2v) is 7.67. The average molecular weight is 436 g/mol. The van der Waals surface area contributed by atoms with Crippen LogP contribution in [0.1, 0.15) is 22.8 Å². The number of carbonyl (C=O) groups is 2. The monoisotopic (exact) mass is 436 g/mol. The maximum Gasteiger partial charge on any atom is 0.300 e. The molecule has 3 aromatic rings. The molecule has 0 bridgehead atoms. The fourth-order valence-electron chi connectivity index (χ4n) is 3.71. The second-order valence-electron chi connectivity index (χ2n) is 7.67. The molecule has 166 valence electrons. The molecule has 1 saturated heterocycles. The van der Waals surface area contributed by atoms with E-state index in [-0.39, 0.29) is 17.6 Å². The number of halogens is 1. The van der Waals surface area contributed by atoms with Gasteiger partial charge in [0.15, 0.2) is 0 Å². The van der Waals surface area contributed by atoms with Crippen LogP contribution in [-0.2, 0) is 11.2 Å². The van der Waals surface area contributed by atoms with Crippen LogP contribution < -0.4 is 0 Å². The maximum atomic E-state index is 13.9. The molecule has 1 aliphatic rings. The number of benzene rings is 2. The molecule has 2 atom stereocenters. The van der Waals surface area contributed by atoms with Crippen molar-refractivity contribution in [3.05, 3.63) is 90.0 Å². The number of aliphatic hydroxyl groups excluding tert-OH is 1. The Balaban J connectivity index is 0.000000668. The van der Waals surface area contributed by atoms with Crippen LogP contribution in [0.5, 0.6) is 0 Å². The van der Waals surface area contributed by atoms with E-state index in [4.69, 9.17) is 9.90 Å². The van der Waals surface area contributed by atoms with Gasteiger partial charge in [0.1, 0.15) is 5.82 Å². The molecular weight excluding hydrogens is 411 g/mol. The summed E-state index contributed by atoms with van der Waals surface area (Å²) in [5, 5.41) is 17.8. The van der Waals surface area contributed by atoms with E-state index in [1.807, 2.05) is 12.1 Å². The lowest BCUT2D eigenvalue weighted by atomic mass is 9.97. The summed E-state index contributed by atoms with van der Waals surface area (Å²) in [6, 6.07) is 17.4. The first-order valence-corrected chi connectivity index (χ1v) is 10.3. The maximum absolute atomic E-state index is 13.9. The van der Waals surface area contributed by atoms with Crippen molar-refractivity contribution in [2.45, 2.75) is 19.4 Å². The molecule has 0 radical (unpaired) electrons. The first-order valence-electron chi connectivity index (χ1n) is 10.3. The number of hydrogen-bond acceptors (Lipinski definition) is 4. The lowest BCUT2D eigenvalue weighted by molar-refractivity contribution is -0.134. The van der Waals surface area contributed by atoms with Gasteiger partial charge in [-0.05, 0) is 47.9 Å². The topological polar surface area (TPSA) is 90.7 Å². The smallest absolute Gasteiger partial charge is 0.300 e. The summed E-state index contributed by atoms with van der Waals surface area (Å²) in [5.74, 6) is -1.23. The van der Waals surface area contributed by atoms with E-state index >= 15 is 0 Å². The number of β-amino-alcohol motifs (C(OH)–C–C–N with tert-alkyl or cyclic N) is 1. The van der Waals surface area contributed by atoms with Gasteiger partial charge in [0.05, 0.1) is 6.10 Å². The van der Waals surface area contributed by atoms with Gasteiger partial charge >= 0.3 is 0 Å². The number of rotatable bonds is 4. The van der Waals surface area contributed by atoms with Gasteiger partial charge in [0.25, 0.3) is 11.9 Å². The van der Waals surface area contributed by atoms with E-state index in [0.717, 1.165) is 18.1 Å². The van der Waals surface area contributed by atoms with Crippen molar-refractivity contribution in [2.75, 3.05) is 13.1 Å². The Bertz CT molecular complexity index is 1050. The molecule has 1 fully saturated rings. The molecule has 1 amide bonds. The predicted octanol–water partition coefficient (Wildman–Crippen LogP) is 3.65. The summed E-state index contributed by atoms with van der Waals surface area (Å²) < 4.78 is 13.9. The zero-order valence-corrected chi connectivity index (χ0v) is 17.7. The summed E-state index contributed by atoms with van der Waals surface area (Å²) in [5.41, 5.74) is 2.88. The Morgan fingerprint density at radius 1 is 1.03 bits per heavy atom. The molecule has 4 rings (SSSR count). The highest BCUT2D eigenvalue weighted by Gasteiger charge is 2.34. The van der Waals surface area contributed by atoms with Gasteiger partial charge in [-0.2, -0.15) is 0 Å². The zero-order chi connectivity index (χ0) is 23.1. The van der Waals surface area contributed by atoms with Gasteiger partial charge in [-0.1, -0.05) is 30.3 Å². The molecule has 0 spiro atoms. The van der Waals surface area contributed by atoms with E-state index < -0.39 is 12.1 Å². The minimum Gasteiger partial charge on any atom is -0.481 e. The van der Waals surface area contributed by atoms with Crippen molar-refractivity contribution in [2.24, 2.45) is 5.92 Å². The summed E-state index contributed by atoms with van der Waals surface area (Å²) in [7, 11) is 0. The van der Waals surface area contributed by atoms with Crippen LogP contribution in [0.4, 0.5) is 4.39 Å². The number of aromatic nitrogens is 1. The molecule has 1 aromatic heterocycles. The van der Waals surface area contributed by atoms with Crippen LogP contribution in [0.3, 0.4) is 0 Å². The van der Waals surface area contributed by atoms with Crippen LogP contribution >= 0.6 is 0 Å². The Morgan fingerprint density at radius 3 is 2.28 bits per heavy atom. The molecule has 0 saturated carbocycles. The highest BCUT2D eigenvalue weighted by molar-refractivity contribution is 5.95. The fraction of sp³-hybridized carbons (Fsp3) is 0.240. The van der Waals surface area contributed by atoms with Crippen LogP contribution in [0.25, 0.3) is 11.1 Å². The highest BCUT2D eigenvalue weighted by Crippen LogP contribution is 2.25. The van der Waals surface area contributed by atoms with Gasteiger partial charge in [-0.25, -0.2) is 4.39 Å². The number of pyridine rings is 1. The lowest BCUT2D eigenvalue weighted by Gasteiger charge is -2.16. The van der Waals surface area contributed by atoms with E-state index in [1.54, 1.807) is 59.8 Å². The third kappa shape index (κ3) is 5.98. The Hall–Kier alpha value is -3.58. The molecule has 2 heterocycles. The number of likely N-dealkylation sites (tertiary alicyclic amines) is 1. The van der Waals surface area contributed by atoms with E-state index in [0.29, 0.717) is 30.6 Å². The largest absolute Gasteiger partial charge is 0.481 e. The van der Waals surface area contributed by atoms with Crippen LogP contribution in [0, 0.1) is 11.7 Å². The summed E-state index contributed by atoms with van der Waals surface area (Å²) in [4.78, 5) is 27.5. The molecule has 6 nitrogen and oxygen atoms in total. The molecule has 0 aliphatic carbocycles. The van der Waals surface area contributed by atoms with Crippen LogP contribution in [0.15, 0.2) is 73.1 Å². The minimum absolute atomic E-state index is 0.00374. The normalized spacial score (nSPS) is 17.4. The van der Waals surface area contributed by atoms with E-state index in [9.17, 15) is 14.3 Å². The molecule has 0 unspecified atom stereocenters. The highest BCUT2D eigenvalue weighted by atomic mass is 19.1. The third-order valence-electron chi connectivity index (χ3n) is 5.26. The van der Waals surface area contributed by atoms with Crippen molar-refractivity contribution in [1.29, 1.82) is 0 Å². The molecule has 7 heteroatoms. The van der Waals surface area contributed by atoms with Crippen molar-refractivity contribution < 1.29 is 24.2 Å². The molecule has 2 N–H and O–H groups in total. The summed E-state index contributed by atoms with van der Waals surface area (Å²) >= 11 is 0. The number of carboxylic acid groups (broad SMARTS) is 1. The van der Waals surface area contributed by atoms with E-state index in [1.165, 1.54) is 6.07 Å².